The van der Waals surface area contributed by atoms with Gasteiger partial charge in [0.15, 0.2) is 10.9 Å². The third-order valence-corrected chi connectivity index (χ3v) is 5.23. The molecule has 12 heteroatoms. The van der Waals surface area contributed by atoms with Gasteiger partial charge >= 0.3 is 6.36 Å². The zero-order valence-corrected chi connectivity index (χ0v) is 20.8. The van der Waals surface area contributed by atoms with Gasteiger partial charge in [0.2, 0.25) is 0 Å². The van der Waals surface area contributed by atoms with Crippen LogP contribution in [0.3, 0.4) is 0 Å². The summed E-state index contributed by atoms with van der Waals surface area (Å²) in [7, 11) is 0. The molecule has 0 saturated heterocycles. The highest BCUT2D eigenvalue weighted by Gasteiger charge is 2.31. The van der Waals surface area contributed by atoms with E-state index in [9.17, 15) is 18.0 Å². The number of ketones is 1. The zero-order valence-electron chi connectivity index (χ0n) is 19.9. The highest BCUT2D eigenvalue weighted by atomic mass is 32.1. The van der Waals surface area contributed by atoms with Crippen molar-refractivity contribution in [2.45, 2.75) is 19.7 Å². The minimum atomic E-state index is -4.75. The molecule has 0 aliphatic rings. The van der Waals surface area contributed by atoms with E-state index in [1.54, 1.807) is 13.1 Å². The summed E-state index contributed by atoms with van der Waals surface area (Å²) in [6.07, 6.45) is -1.28. The van der Waals surface area contributed by atoms with Crippen molar-refractivity contribution in [2.75, 3.05) is 5.32 Å². The van der Waals surface area contributed by atoms with Crippen LogP contribution >= 0.6 is 12.2 Å². The number of thiocarbonyl (C=S) groups is 1. The number of alkyl halides is 3. The van der Waals surface area contributed by atoms with Crippen LogP contribution in [0.4, 0.5) is 18.9 Å². The molecule has 0 saturated carbocycles. The van der Waals surface area contributed by atoms with Gasteiger partial charge in [-0.2, -0.15) is 5.10 Å². The van der Waals surface area contributed by atoms with Gasteiger partial charge in [0.1, 0.15) is 17.9 Å². The predicted molar refractivity (Wildman–Crippen MR) is 141 cm³/mol. The number of halogens is 3. The van der Waals surface area contributed by atoms with Gasteiger partial charge in [-0.1, -0.05) is 36.4 Å². The Labute approximate surface area is 221 Å². The first-order chi connectivity index (χ1) is 18.1. The maximum Gasteiger partial charge on any atom is 0.573 e. The molecule has 8 nitrogen and oxygen atoms in total. The van der Waals surface area contributed by atoms with Gasteiger partial charge in [-0.25, -0.2) is 9.67 Å². The minimum absolute atomic E-state index is 0.100. The molecule has 4 aromatic rings. The fraction of sp³-hybridized carbons (Fsp3) is 0.115. The predicted octanol–water partition coefficient (Wildman–Crippen LogP) is 5.28. The molecule has 2 N–H and O–H groups in total. The number of benzene rings is 3. The summed E-state index contributed by atoms with van der Waals surface area (Å²) in [4.78, 5) is 15.5. The number of hydrogen-bond donors (Lipinski definition) is 2. The Morgan fingerprint density at radius 1 is 1.05 bits per heavy atom. The Bertz CT molecular complexity index is 1430. The number of rotatable bonds is 8. The molecule has 0 atom stereocenters. The summed E-state index contributed by atoms with van der Waals surface area (Å²) in [6, 6.07) is 20.0. The van der Waals surface area contributed by atoms with Crippen LogP contribution in [-0.4, -0.2) is 38.2 Å². The molecule has 0 amide bonds. The number of carbonyl (C=O) groups excluding carboxylic acids is 1. The molecule has 3 aromatic carbocycles. The number of hydrazone groups is 1. The number of nitrogens with zero attached hydrogens (tertiary/aromatic N) is 4. The normalized spacial score (nSPS) is 11.4. The maximum atomic E-state index is 12.3. The van der Waals surface area contributed by atoms with Gasteiger partial charge in [0.05, 0.1) is 11.9 Å². The molecule has 0 aliphatic carbocycles. The van der Waals surface area contributed by atoms with Gasteiger partial charge in [0, 0.05) is 17.7 Å². The summed E-state index contributed by atoms with van der Waals surface area (Å²) in [5.41, 5.74) is 6.53. The smallest absolute Gasteiger partial charge is 0.406 e. The number of nitrogens with one attached hydrogen (secondary N) is 2. The Hall–Kier alpha value is -4.58. The van der Waals surface area contributed by atoms with E-state index >= 15 is 0 Å². The van der Waals surface area contributed by atoms with E-state index in [2.05, 4.69) is 30.7 Å². The second kappa shape index (κ2) is 11.6. The van der Waals surface area contributed by atoms with E-state index in [1.807, 2.05) is 48.5 Å². The van der Waals surface area contributed by atoms with Crippen LogP contribution in [0.25, 0.3) is 17.1 Å². The third kappa shape index (κ3) is 7.71. The Morgan fingerprint density at radius 2 is 1.74 bits per heavy atom. The number of hydrogen-bond acceptors (Lipinski definition) is 6. The number of ether oxygens (including phenoxy) is 1. The second-order valence-corrected chi connectivity index (χ2v) is 8.48. The average Bonchev–Trinajstić information content (AvgIpc) is 3.35. The molecule has 38 heavy (non-hydrogen) atoms. The van der Waals surface area contributed by atoms with Crippen LogP contribution < -0.4 is 15.5 Å². The van der Waals surface area contributed by atoms with E-state index in [4.69, 9.17) is 12.2 Å². The summed E-state index contributed by atoms with van der Waals surface area (Å²) in [5.74, 6) is 0.231. The number of Topliss-reactive ketones (excluding diaryl/α,β-unsaturated/α-hetero) is 1. The lowest BCUT2D eigenvalue weighted by atomic mass is 10.1. The molecule has 1 aromatic heterocycles. The molecule has 4 rings (SSSR count). The van der Waals surface area contributed by atoms with Crippen molar-refractivity contribution >= 4 is 35.0 Å². The lowest BCUT2D eigenvalue weighted by Crippen LogP contribution is -2.23. The topological polar surface area (TPSA) is 93.4 Å². The Balaban J connectivity index is 1.30. The first-order valence-electron chi connectivity index (χ1n) is 11.2. The van der Waals surface area contributed by atoms with Crippen molar-refractivity contribution < 1.29 is 22.7 Å². The van der Waals surface area contributed by atoms with Gasteiger partial charge in [-0.3, -0.25) is 10.2 Å². The van der Waals surface area contributed by atoms with E-state index in [1.165, 1.54) is 35.3 Å². The number of aromatic nitrogens is 3. The highest BCUT2D eigenvalue weighted by molar-refractivity contribution is 7.80. The molecule has 0 aliphatic heterocycles. The van der Waals surface area contributed by atoms with Gasteiger partial charge in [0.25, 0.3) is 0 Å². The van der Waals surface area contributed by atoms with Crippen LogP contribution in [0.2, 0.25) is 0 Å². The summed E-state index contributed by atoms with van der Waals surface area (Å²) in [5, 5.41) is 11.8. The largest absolute Gasteiger partial charge is 0.573 e. The molecule has 0 spiro atoms. The van der Waals surface area contributed by atoms with Gasteiger partial charge < -0.3 is 10.1 Å². The highest BCUT2D eigenvalue weighted by Crippen LogP contribution is 2.24. The van der Waals surface area contributed by atoms with E-state index in [0.29, 0.717) is 23.0 Å². The van der Waals surface area contributed by atoms with Crippen LogP contribution in [0.5, 0.6) is 5.75 Å². The van der Waals surface area contributed by atoms with Crippen molar-refractivity contribution in [2.24, 2.45) is 5.10 Å². The second-order valence-electron chi connectivity index (χ2n) is 8.08. The molecule has 194 valence electrons. The SMILES string of the molecule is CC(=O)Cc1ccc(NC(=S)N/N=C/c2ccc(-c3ncn(-c4ccc(OC(F)(F)F)cc4)n3)cc2)cc1. The first-order valence-corrected chi connectivity index (χ1v) is 11.6. The molecular weight excluding hydrogens is 517 g/mol. The van der Waals surface area contributed by atoms with Crippen LogP contribution in [-0.2, 0) is 11.2 Å². The van der Waals surface area contributed by atoms with E-state index in [0.717, 1.165) is 22.4 Å². The van der Waals surface area contributed by atoms with Crippen molar-refractivity contribution in [3.8, 4) is 22.8 Å². The average molecular weight is 539 g/mol. The number of anilines is 1. The van der Waals surface area contributed by atoms with Crippen molar-refractivity contribution in [3.63, 3.8) is 0 Å². The van der Waals surface area contributed by atoms with Crippen molar-refractivity contribution in [1.82, 2.24) is 20.2 Å². The van der Waals surface area contributed by atoms with E-state index < -0.39 is 6.36 Å². The molecule has 1 heterocycles. The van der Waals surface area contributed by atoms with Crippen LogP contribution in [0.1, 0.15) is 18.1 Å². The van der Waals surface area contributed by atoms with Gasteiger partial charge in [-0.15, -0.1) is 18.3 Å². The minimum Gasteiger partial charge on any atom is -0.406 e. The van der Waals surface area contributed by atoms with E-state index in [-0.39, 0.29) is 11.5 Å². The first kappa shape index (κ1) is 26.5. The van der Waals surface area contributed by atoms with Crippen molar-refractivity contribution in [3.05, 3.63) is 90.3 Å². The quantitative estimate of drug-likeness (QED) is 0.179. The summed E-state index contributed by atoms with van der Waals surface area (Å²) < 4.78 is 42.3. The third-order valence-electron chi connectivity index (χ3n) is 5.04. The summed E-state index contributed by atoms with van der Waals surface area (Å²) >= 11 is 5.25. The number of carbonyl (C=O) groups is 1. The molecule has 0 radical (unpaired) electrons. The maximum absolute atomic E-state index is 12.3. The lowest BCUT2D eigenvalue weighted by Gasteiger charge is -2.09. The Kier molecular flexibility index (Phi) is 8.12. The molecular formula is C26H21F3N6O2S. The molecule has 0 unspecified atom stereocenters. The fourth-order valence-corrected chi connectivity index (χ4v) is 3.53. The molecule has 0 bridgehead atoms. The fourth-order valence-electron chi connectivity index (χ4n) is 3.36. The molecule has 0 fully saturated rings. The summed E-state index contributed by atoms with van der Waals surface area (Å²) in [6.45, 7) is 1.55. The zero-order chi connectivity index (χ0) is 27.1. The van der Waals surface area contributed by atoms with Crippen LogP contribution in [0, 0.1) is 0 Å². The van der Waals surface area contributed by atoms with Crippen LogP contribution in [0.15, 0.2) is 84.2 Å². The standard InChI is InChI=1S/C26H21F3N6O2S/c1-17(36)14-18-4-8-21(9-5-18)32-25(38)33-31-15-19-2-6-20(7-3-19)24-30-16-35(34-24)22-10-12-23(13-11-22)37-26(27,28)29/h2-13,15-16H,14H2,1H3,(H2,32,33,38)/b31-15+. The van der Waals surface area contributed by atoms with Gasteiger partial charge in [-0.05, 0) is 66.7 Å². The Morgan fingerprint density at radius 3 is 2.37 bits per heavy atom. The van der Waals surface area contributed by atoms with Crippen molar-refractivity contribution in [1.29, 1.82) is 0 Å². The lowest BCUT2D eigenvalue weighted by molar-refractivity contribution is -0.274. The monoisotopic (exact) mass is 538 g/mol.